The molecule has 0 atom stereocenters. The summed E-state index contributed by atoms with van der Waals surface area (Å²) in [7, 11) is 1.71. The highest BCUT2D eigenvalue weighted by Crippen LogP contribution is 2.23. The van der Waals surface area contributed by atoms with E-state index in [4.69, 9.17) is 4.74 Å². The summed E-state index contributed by atoms with van der Waals surface area (Å²) in [5.41, 5.74) is 3.27. The molecule has 1 N–H and O–H groups in total. The largest absolute Gasteiger partial charge is 0.496 e. The molecule has 0 aromatic carbocycles. The summed E-state index contributed by atoms with van der Waals surface area (Å²) in [6.45, 7) is 9.54. The topological polar surface area (TPSA) is 34.2 Å². The van der Waals surface area contributed by atoms with E-state index < -0.39 is 0 Å². The number of thioether (sulfide) groups is 1. The third-order valence-electron chi connectivity index (χ3n) is 2.70. The highest BCUT2D eigenvalue weighted by molar-refractivity contribution is 7.99. The predicted molar refractivity (Wildman–Crippen MR) is 79.5 cm³/mol. The fourth-order valence-electron chi connectivity index (χ4n) is 1.77. The van der Waals surface area contributed by atoms with E-state index in [-0.39, 0.29) is 0 Å². The first-order chi connectivity index (χ1) is 8.70. The van der Waals surface area contributed by atoms with Crippen molar-refractivity contribution >= 4 is 11.8 Å². The monoisotopic (exact) mass is 266 g/mol. The summed E-state index contributed by atoms with van der Waals surface area (Å²) in [6.07, 6.45) is 3.80. The summed E-state index contributed by atoms with van der Waals surface area (Å²) in [4.78, 5) is 4.45. The van der Waals surface area contributed by atoms with E-state index in [1.807, 2.05) is 31.0 Å². The minimum atomic E-state index is 0.789. The Hall–Kier alpha value is -1.00. The lowest BCUT2D eigenvalue weighted by Crippen LogP contribution is -2.18. The molecule has 0 saturated heterocycles. The van der Waals surface area contributed by atoms with Gasteiger partial charge in [-0.3, -0.25) is 4.98 Å². The Bertz CT molecular complexity index is 394. The minimum Gasteiger partial charge on any atom is -0.496 e. The first-order valence-electron chi connectivity index (χ1n) is 6.09. The van der Waals surface area contributed by atoms with E-state index in [0.717, 1.165) is 47.2 Å². The van der Waals surface area contributed by atoms with Gasteiger partial charge in [-0.15, -0.1) is 6.58 Å². The number of aryl methyl sites for hydroxylation is 1. The first kappa shape index (κ1) is 15.1. The standard InChI is InChI=1S/C14H22N2OS/c1-5-7-18-8-6-15-10-13-12(3)14(17-4)11(2)9-16-13/h5,9,15H,1,6-8,10H2,2-4H3. The van der Waals surface area contributed by atoms with Crippen molar-refractivity contribution in [1.82, 2.24) is 10.3 Å². The van der Waals surface area contributed by atoms with Crippen LogP contribution in [-0.4, -0.2) is 30.1 Å². The number of hydrogen-bond acceptors (Lipinski definition) is 4. The van der Waals surface area contributed by atoms with Gasteiger partial charge in [0.15, 0.2) is 0 Å². The van der Waals surface area contributed by atoms with E-state index >= 15 is 0 Å². The van der Waals surface area contributed by atoms with Gasteiger partial charge in [0.25, 0.3) is 0 Å². The second-order valence-electron chi connectivity index (χ2n) is 4.09. The van der Waals surface area contributed by atoms with Crippen LogP contribution in [-0.2, 0) is 6.54 Å². The highest BCUT2D eigenvalue weighted by Gasteiger charge is 2.08. The molecule has 0 bridgehead atoms. The van der Waals surface area contributed by atoms with Gasteiger partial charge in [0.05, 0.1) is 12.8 Å². The zero-order chi connectivity index (χ0) is 13.4. The molecule has 1 heterocycles. The molecule has 0 saturated carbocycles. The quantitative estimate of drug-likeness (QED) is 0.579. The molecule has 0 radical (unpaired) electrons. The molecule has 0 aliphatic rings. The van der Waals surface area contributed by atoms with Crippen LogP contribution in [0, 0.1) is 13.8 Å². The lowest BCUT2D eigenvalue weighted by Gasteiger charge is -2.12. The lowest BCUT2D eigenvalue weighted by molar-refractivity contribution is 0.406. The van der Waals surface area contributed by atoms with Crippen molar-refractivity contribution in [1.29, 1.82) is 0 Å². The van der Waals surface area contributed by atoms with Crippen molar-refractivity contribution in [2.24, 2.45) is 0 Å². The van der Waals surface area contributed by atoms with Crippen LogP contribution >= 0.6 is 11.8 Å². The Balaban J connectivity index is 2.45. The molecule has 1 aromatic rings. The van der Waals surface area contributed by atoms with E-state index in [9.17, 15) is 0 Å². The Morgan fingerprint density at radius 2 is 2.28 bits per heavy atom. The zero-order valence-electron chi connectivity index (χ0n) is 11.5. The molecule has 0 unspecified atom stereocenters. The summed E-state index contributed by atoms with van der Waals surface area (Å²) in [5, 5.41) is 3.40. The van der Waals surface area contributed by atoms with Crippen molar-refractivity contribution in [3.8, 4) is 5.75 Å². The second-order valence-corrected chi connectivity index (χ2v) is 5.24. The third-order valence-corrected chi connectivity index (χ3v) is 3.67. The molecule has 1 aromatic heterocycles. The van der Waals surface area contributed by atoms with E-state index in [1.54, 1.807) is 7.11 Å². The van der Waals surface area contributed by atoms with Crippen LogP contribution in [0.1, 0.15) is 16.8 Å². The number of nitrogens with zero attached hydrogens (tertiary/aromatic N) is 1. The molecule has 0 aliphatic heterocycles. The SMILES string of the molecule is C=CCSCCNCc1ncc(C)c(OC)c1C. The molecule has 3 nitrogen and oxygen atoms in total. The van der Waals surface area contributed by atoms with Gasteiger partial charge < -0.3 is 10.1 Å². The van der Waals surface area contributed by atoms with E-state index in [2.05, 4.69) is 23.8 Å². The van der Waals surface area contributed by atoms with Crippen LogP contribution in [0.3, 0.4) is 0 Å². The summed E-state index contributed by atoms with van der Waals surface area (Å²) in [6, 6.07) is 0. The molecule has 0 spiro atoms. The smallest absolute Gasteiger partial charge is 0.128 e. The molecule has 100 valence electrons. The Kier molecular flexibility index (Phi) is 6.83. The summed E-state index contributed by atoms with van der Waals surface area (Å²) < 4.78 is 5.39. The molecule has 18 heavy (non-hydrogen) atoms. The van der Waals surface area contributed by atoms with E-state index in [0.29, 0.717) is 0 Å². The van der Waals surface area contributed by atoms with Gasteiger partial charge in [-0.2, -0.15) is 11.8 Å². The molecule has 1 rings (SSSR count). The van der Waals surface area contributed by atoms with Crippen LogP contribution in [0.25, 0.3) is 0 Å². The lowest BCUT2D eigenvalue weighted by atomic mass is 10.1. The number of pyridine rings is 1. The number of aromatic nitrogens is 1. The third kappa shape index (κ3) is 4.35. The first-order valence-corrected chi connectivity index (χ1v) is 7.24. The molecule has 4 heteroatoms. The average molecular weight is 266 g/mol. The van der Waals surface area contributed by atoms with Gasteiger partial charge in [0.2, 0.25) is 0 Å². The zero-order valence-corrected chi connectivity index (χ0v) is 12.3. The molecule has 0 fully saturated rings. The fraction of sp³-hybridized carbons (Fsp3) is 0.500. The Morgan fingerprint density at radius 3 is 2.94 bits per heavy atom. The van der Waals surface area contributed by atoms with Crippen LogP contribution in [0.2, 0.25) is 0 Å². The van der Waals surface area contributed by atoms with Gasteiger partial charge in [0.1, 0.15) is 5.75 Å². The van der Waals surface area contributed by atoms with Crippen molar-refractivity contribution in [3.63, 3.8) is 0 Å². The van der Waals surface area contributed by atoms with Crippen molar-refractivity contribution in [2.45, 2.75) is 20.4 Å². The van der Waals surface area contributed by atoms with Gasteiger partial charge in [-0.1, -0.05) is 6.08 Å². The number of rotatable bonds is 8. The maximum atomic E-state index is 5.39. The Morgan fingerprint density at radius 1 is 1.50 bits per heavy atom. The highest BCUT2D eigenvalue weighted by atomic mass is 32.2. The summed E-state index contributed by atoms with van der Waals surface area (Å²) in [5.74, 6) is 3.05. The summed E-state index contributed by atoms with van der Waals surface area (Å²) >= 11 is 1.88. The van der Waals surface area contributed by atoms with Gasteiger partial charge >= 0.3 is 0 Å². The van der Waals surface area contributed by atoms with Crippen LogP contribution in [0.15, 0.2) is 18.9 Å². The average Bonchev–Trinajstić information content (AvgIpc) is 2.36. The number of nitrogens with one attached hydrogen (secondary N) is 1. The predicted octanol–water partition coefficient (Wildman–Crippen LogP) is 2.72. The van der Waals surface area contributed by atoms with Gasteiger partial charge in [-0.25, -0.2) is 0 Å². The molecule has 0 aliphatic carbocycles. The van der Waals surface area contributed by atoms with Crippen LogP contribution < -0.4 is 10.1 Å². The normalized spacial score (nSPS) is 10.4. The molecular formula is C14H22N2OS. The van der Waals surface area contributed by atoms with Gasteiger partial charge in [-0.05, 0) is 13.8 Å². The fourth-order valence-corrected chi connectivity index (χ4v) is 2.39. The van der Waals surface area contributed by atoms with Crippen LogP contribution in [0.5, 0.6) is 5.75 Å². The maximum absolute atomic E-state index is 5.39. The maximum Gasteiger partial charge on any atom is 0.128 e. The number of ether oxygens (including phenoxy) is 1. The molecule has 0 amide bonds. The number of hydrogen-bond donors (Lipinski definition) is 1. The van der Waals surface area contributed by atoms with Crippen LogP contribution in [0.4, 0.5) is 0 Å². The van der Waals surface area contributed by atoms with Crippen molar-refractivity contribution in [3.05, 3.63) is 35.7 Å². The Labute approximate surface area is 114 Å². The van der Waals surface area contributed by atoms with E-state index in [1.165, 1.54) is 0 Å². The minimum absolute atomic E-state index is 0.789. The van der Waals surface area contributed by atoms with Gasteiger partial charge in [0, 0.05) is 41.9 Å². The second kappa shape index (κ2) is 8.16. The van der Waals surface area contributed by atoms with Crippen molar-refractivity contribution < 1.29 is 4.74 Å². The van der Waals surface area contributed by atoms with Crippen molar-refractivity contribution in [2.75, 3.05) is 25.2 Å². The number of methoxy groups -OCH3 is 1. The molecular weight excluding hydrogens is 244 g/mol.